The molecule has 6 rings (SSSR count). The van der Waals surface area contributed by atoms with Gasteiger partial charge in [0.1, 0.15) is 53.4 Å². The maximum absolute atomic E-state index is 16.0. The highest BCUT2D eigenvalue weighted by Crippen LogP contribution is 2.35. The van der Waals surface area contributed by atoms with Gasteiger partial charge in [0.2, 0.25) is 0 Å². The minimum absolute atomic E-state index is 0.0159. The van der Waals surface area contributed by atoms with Gasteiger partial charge in [-0.1, -0.05) is 48.0 Å². The fraction of sp³-hybridized carbons (Fsp3) is 0.342. The van der Waals surface area contributed by atoms with E-state index in [0.717, 1.165) is 44.5 Å². The lowest BCUT2D eigenvalue weighted by Gasteiger charge is -2.29. The van der Waals surface area contributed by atoms with Crippen LogP contribution in [0.5, 0.6) is 17.2 Å². The van der Waals surface area contributed by atoms with Crippen molar-refractivity contribution in [2.45, 2.75) is 51.2 Å². The lowest BCUT2D eigenvalue weighted by atomic mass is 10.0. The molecule has 0 aliphatic carbocycles. The highest BCUT2D eigenvalue weighted by molar-refractivity contribution is 6.32. The van der Waals surface area contributed by atoms with Gasteiger partial charge in [-0.3, -0.25) is 10.1 Å². The van der Waals surface area contributed by atoms with Crippen molar-refractivity contribution in [2.24, 2.45) is 0 Å². The summed E-state index contributed by atoms with van der Waals surface area (Å²) in [7, 11) is 0. The molecular formula is C38H40ClFN4O8. The summed E-state index contributed by atoms with van der Waals surface area (Å²) in [4.78, 5) is 13.8. The number of carboxylic acids is 1. The Labute approximate surface area is 304 Å². The Morgan fingerprint density at radius 1 is 0.962 bits per heavy atom. The first-order valence-electron chi connectivity index (χ1n) is 17.0. The topological polar surface area (TPSA) is 160 Å². The zero-order chi connectivity index (χ0) is 36.5. The summed E-state index contributed by atoms with van der Waals surface area (Å²) in [6, 6.07) is 19.7. The number of nitrogens with one attached hydrogen (secondary N) is 1. The first-order valence-corrected chi connectivity index (χ1v) is 17.4. The Bertz CT molecular complexity index is 1970. The van der Waals surface area contributed by atoms with E-state index in [1.165, 1.54) is 0 Å². The number of carboxylic acid groups (broad SMARTS) is 1. The quantitative estimate of drug-likeness (QED) is 0.0878. The van der Waals surface area contributed by atoms with E-state index in [1.54, 1.807) is 42.5 Å². The summed E-state index contributed by atoms with van der Waals surface area (Å²) < 4.78 is 38.9. The molecule has 1 atom stereocenters. The van der Waals surface area contributed by atoms with E-state index in [0.29, 0.717) is 51.4 Å². The Morgan fingerprint density at radius 2 is 1.75 bits per heavy atom. The second kappa shape index (κ2) is 17.6. The molecule has 0 spiro atoms. The largest absolute Gasteiger partial charge is 0.494 e. The summed E-state index contributed by atoms with van der Waals surface area (Å²) in [6.45, 7) is 2.58. The van der Waals surface area contributed by atoms with E-state index in [1.807, 2.05) is 30.3 Å². The van der Waals surface area contributed by atoms with Crippen LogP contribution in [0.15, 0.2) is 77.4 Å². The summed E-state index contributed by atoms with van der Waals surface area (Å²) in [6.07, 6.45) is 2.25. The lowest BCUT2D eigenvalue weighted by Crippen LogP contribution is -2.39. The number of aliphatic hydroxyl groups is 2. The number of hydrogen-bond donors (Lipinski definition) is 4. The summed E-state index contributed by atoms with van der Waals surface area (Å²) in [5, 5.41) is 39.2. The number of carbonyl (C=O) groups is 1. The summed E-state index contributed by atoms with van der Waals surface area (Å²) in [5.41, 5.74) is 3.81. The molecule has 1 fully saturated rings. The molecule has 0 radical (unpaired) electrons. The molecule has 4 aromatic carbocycles. The average Bonchev–Trinajstić information content (AvgIpc) is 3.62. The van der Waals surface area contributed by atoms with Crippen LogP contribution in [-0.2, 0) is 24.6 Å². The van der Waals surface area contributed by atoms with Crippen molar-refractivity contribution in [2.75, 3.05) is 32.8 Å². The van der Waals surface area contributed by atoms with Crippen LogP contribution < -0.4 is 19.5 Å². The van der Waals surface area contributed by atoms with Gasteiger partial charge in [0, 0.05) is 48.9 Å². The smallest absolute Gasteiger partial charge is 0.323 e. The van der Waals surface area contributed by atoms with E-state index < -0.39 is 24.4 Å². The van der Waals surface area contributed by atoms with E-state index in [2.05, 4.69) is 20.5 Å². The molecule has 274 valence electrons. The van der Waals surface area contributed by atoms with Crippen molar-refractivity contribution < 1.29 is 43.3 Å². The van der Waals surface area contributed by atoms with Crippen molar-refractivity contribution in [3.05, 3.63) is 100 Å². The minimum atomic E-state index is -1.21. The standard InChI is InChI=1S/C38H40ClFN4O8/c39-31-18-27(20-41-34(21-45)38(47)48)35(50-22-24-8-9-32-33(16-24)43-52-42-32)19-36(31)51-23-26-5-2-7-30(37(26)40)25-4-1-6-29(17-25)49-15-3-12-44-13-10-28(46)11-14-44/h1-2,4-9,16-19,28,34,41,45-46H,3,10-15,20-23H2,(H,47,48). The molecule has 1 unspecified atom stereocenters. The third-order valence-corrected chi connectivity index (χ3v) is 9.19. The summed E-state index contributed by atoms with van der Waals surface area (Å²) in [5.74, 6) is -0.433. The van der Waals surface area contributed by atoms with Gasteiger partial charge in [-0.15, -0.1) is 0 Å². The second-order valence-electron chi connectivity index (χ2n) is 12.6. The van der Waals surface area contributed by atoms with Crippen LogP contribution in [0.1, 0.15) is 36.0 Å². The monoisotopic (exact) mass is 734 g/mol. The zero-order valence-electron chi connectivity index (χ0n) is 28.3. The third-order valence-electron chi connectivity index (χ3n) is 8.90. The van der Waals surface area contributed by atoms with Gasteiger partial charge in [-0.25, -0.2) is 9.02 Å². The van der Waals surface area contributed by atoms with Crippen molar-refractivity contribution in [3.8, 4) is 28.4 Å². The van der Waals surface area contributed by atoms with Crippen LogP contribution in [-0.4, -0.2) is 81.5 Å². The first-order chi connectivity index (χ1) is 25.3. The number of nitrogens with zero attached hydrogens (tertiary/aromatic N) is 3. The number of aliphatic hydroxyl groups excluding tert-OH is 2. The maximum Gasteiger partial charge on any atom is 0.323 e. The van der Waals surface area contributed by atoms with Crippen LogP contribution >= 0.6 is 11.6 Å². The molecule has 1 aliphatic rings. The number of piperidine rings is 1. The van der Waals surface area contributed by atoms with Crippen molar-refractivity contribution >= 4 is 28.6 Å². The van der Waals surface area contributed by atoms with Crippen LogP contribution in [0.2, 0.25) is 5.02 Å². The molecule has 14 heteroatoms. The molecule has 52 heavy (non-hydrogen) atoms. The molecule has 1 aliphatic heterocycles. The first kappa shape index (κ1) is 37.0. The molecule has 2 heterocycles. The number of halogens is 2. The number of hydrogen-bond acceptors (Lipinski definition) is 11. The predicted octanol–water partition coefficient (Wildman–Crippen LogP) is 5.60. The number of aliphatic carboxylic acids is 1. The summed E-state index contributed by atoms with van der Waals surface area (Å²) >= 11 is 6.62. The Balaban J connectivity index is 1.13. The number of rotatable bonds is 17. The highest BCUT2D eigenvalue weighted by atomic mass is 35.5. The highest BCUT2D eigenvalue weighted by Gasteiger charge is 2.20. The Hall–Kier alpha value is -4.79. The fourth-order valence-electron chi connectivity index (χ4n) is 5.94. The van der Waals surface area contributed by atoms with Crippen molar-refractivity contribution in [1.29, 1.82) is 0 Å². The van der Waals surface area contributed by atoms with Gasteiger partial charge in [0.05, 0.1) is 24.3 Å². The van der Waals surface area contributed by atoms with E-state index in [-0.39, 0.29) is 36.6 Å². The maximum atomic E-state index is 16.0. The third kappa shape index (κ3) is 9.55. The molecular weight excluding hydrogens is 695 g/mol. The van der Waals surface area contributed by atoms with Gasteiger partial charge in [0.25, 0.3) is 0 Å². The Morgan fingerprint density at radius 3 is 2.56 bits per heavy atom. The Kier molecular flexibility index (Phi) is 12.5. The minimum Gasteiger partial charge on any atom is -0.494 e. The number of benzene rings is 4. The second-order valence-corrected chi connectivity index (χ2v) is 13.0. The molecule has 1 aromatic heterocycles. The molecule has 1 saturated heterocycles. The molecule has 0 amide bonds. The van der Waals surface area contributed by atoms with Crippen LogP contribution in [0, 0.1) is 5.82 Å². The molecule has 0 bridgehead atoms. The van der Waals surface area contributed by atoms with Gasteiger partial charge in [0.15, 0.2) is 0 Å². The SMILES string of the molecule is O=C(O)C(CO)NCc1cc(Cl)c(OCc2cccc(-c3cccc(OCCCN4CCC(O)CC4)c3)c2F)cc1OCc1ccc2nonc2c1. The predicted molar refractivity (Wildman–Crippen MR) is 191 cm³/mol. The number of fused-ring (bicyclic) bond motifs is 1. The van der Waals surface area contributed by atoms with Gasteiger partial charge >= 0.3 is 5.97 Å². The van der Waals surface area contributed by atoms with Gasteiger partial charge < -0.3 is 34.4 Å². The molecule has 12 nitrogen and oxygen atoms in total. The normalized spacial score (nSPS) is 14.4. The average molecular weight is 735 g/mol. The van der Waals surface area contributed by atoms with Crippen LogP contribution in [0.3, 0.4) is 0 Å². The number of aromatic nitrogens is 2. The van der Waals surface area contributed by atoms with Crippen molar-refractivity contribution in [3.63, 3.8) is 0 Å². The van der Waals surface area contributed by atoms with E-state index in [9.17, 15) is 20.1 Å². The molecule has 5 aromatic rings. The number of likely N-dealkylation sites (tertiary alicyclic amines) is 1. The molecule has 0 saturated carbocycles. The fourth-order valence-corrected chi connectivity index (χ4v) is 6.19. The van der Waals surface area contributed by atoms with Crippen LogP contribution in [0.25, 0.3) is 22.2 Å². The van der Waals surface area contributed by atoms with E-state index >= 15 is 4.39 Å². The van der Waals surface area contributed by atoms with Gasteiger partial charge in [-0.05, 0) is 71.0 Å². The number of ether oxygens (including phenoxy) is 3. The van der Waals surface area contributed by atoms with E-state index in [4.69, 9.17) is 30.4 Å². The lowest BCUT2D eigenvalue weighted by molar-refractivity contribution is -0.140. The zero-order valence-corrected chi connectivity index (χ0v) is 29.1. The molecule has 4 N–H and O–H groups in total. The van der Waals surface area contributed by atoms with Gasteiger partial charge in [-0.2, -0.15) is 0 Å². The van der Waals surface area contributed by atoms with Crippen molar-refractivity contribution in [1.82, 2.24) is 20.5 Å². The van der Waals surface area contributed by atoms with Crippen LogP contribution in [0.4, 0.5) is 4.39 Å².